The molecule has 1 aliphatic rings. The summed E-state index contributed by atoms with van der Waals surface area (Å²) in [7, 11) is 1.36. The van der Waals surface area contributed by atoms with Crippen molar-refractivity contribution in [2.45, 2.75) is 62.3 Å². The standard InChI is InChI=1S/C19H35O2P/c1-17(2,3)14-12-15(18(4,5)6)22(20-10,21-11)16(13-14)19(7,8)9/h12-13H,1-11H3. The van der Waals surface area contributed by atoms with E-state index in [4.69, 9.17) is 9.05 Å². The highest BCUT2D eigenvalue weighted by molar-refractivity contribution is 7.72. The average molecular weight is 326 g/mol. The van der Waals surface area contributed by atoms with Crippen molar-refractivity contribution in [3.63, 3.8) is 0 Å². The molecule has 1 rings (SSSR count). The number of allylic oxidation sites excluding steroid dienone is 4. The minimum Gasteiger partial charge on any atom is -0.337 e. The molecule has 0 aromatic heterocycles. The summed E-state index contributed by atoms with van der Waals surface area (Å²) < 4.78 is 12.2. The van der Waals surface area contributed by atoms with Gasteiger partial charge in [0.2, 0.25) is 0 Å². The Hall–Kier alpha value is -0.300. The first-order chi connectivity index (χ1) is 9.70. The molecule has 2 nitrogen and oxygen atoms in total. The van der Waals surface area contributed by atoms with Crippen LogP contribution in [0.3, 0.4) is 0 Å². The monoisotopic (exact) mass is 326 g/mol. The van der Waals surface area contributed by atoms with Crippen molar-refractivity contribution in [1.29, 1.82) is 0 Å². The van der Waals surface area contributed by atoms with Gasteiger partial charge in [0.1, 0.15) is 0 Å². The lowest BCUT2D eigenvalue weighted by Crippen LogP contribution is -2.28. The molecule has 0 bridgehead atoms. The first-order valence-corrected chi connectivity index (χ1v) is 9.66. The summed E-state index contributed by atoms with van der Waals surface area (Å²) in [6.07, 6.45) is 4.66. The molecule has 0 fully saturated rings. The summed E-state index contributed by atoms with van der Waals surface area (Å²) >= 11 is 0. The largest absolute Gasteiger partial charge is 0.337 e. The molecule has 0 aromatic carbocycles. The van der Waals surface area contributed by atoms with Crippen LogP contribution in [0.15, 0.2) is 23.0 Å². The summed E-state index contributed by atoms with van der Waals surface area (Å²) in [6.45, 7) is 20.3. The smallest absolute Gasteiger partial charge is 0.154 e. The third-order valence-electron chi connectivity index (χ3n) is 4.14. The van der Waals surface area contributed by atoms with Crippen LogP contribution in [0, 0.1) is 16.2 Å². The first kappa shape index (κ1) is 19.7. The van der Waals surface area contributed by atoms with Gasteiger partial charge in [0.05, 0.1) is 0 Å². The molecule has 0 unspecified atom stereocenters. The second-order valence-electron chi connectivity index (χ2n) is 9.18. The lowest BCUT2D eigenvalue weighted by atomic mass is 9.81. The Balaban J connectivity index is 3.92. The van der Waals surface area contributed by atoms with Crippen LogP contribution in [0.5, 0.6) is 0 Å². The van der Waals surface area contributed by atoms with E-state index < -0.39 is 7.34 Å². The predicted molar refractivity (Wildman–Crippen MR) is 100 cm³/mol. The van der Waals surface area contributed by atoms with Crippen molar-refractivity contribution in [3.8, 4) is 0 Å². The SMILES string of the molecule is COP1(OC)=C(C(C)(C)C)C=C(C(C)(C)C)C=C1C(C)(C)C. The van der Waals surface area contributed by atoms with Crippen LogP contribution in [-0.4, -0.2) is 19.5 Å². The lowest BCUT2D eigenvalue weighted by molar-refractivity contribution is 0.328. The molecule has 22 heavy (non-hydrogen) atoms. The maximum atomic E-state index is 6.11. The topological polar surface area (TPSA) is 18.5 Å². The van der Waals surface area contributed by atoms with Gasteiger partial charge in [-0.15, -0.1) is 0 Å². The van der Waals surface area contributed by atoms with Crippen LogP contribution >= 0.6 is 7.34 Å². The highest BCUT2D eigenvalue weighted by Gasteiger charge is 2.41. The zero-order chi connectivity index (χ0) is 17.6. The van der Waals surface area contributed by atoms with Gasteiger partial charge in [-0.3, -0.25) is 0 Å². The third-order valence-corrected chi connectivity index (χ3v) is 8.03. The van der Waals surface area contributed by atoms with Crippen LogP contribution in [0.2, 0.25) is 0 Å². The molecular weight excluding hydrogens is 291 g/mol. The molecule has 0 aliphatic carbocycles. The second kappa shape index (κ2) is 5.96. The van der Waals surface area contributed by atoms with E-state index in [0.29, 0.717) is 0 Å². The zero-order valence-corrected chi connectivity index (χ0v) is 17.3. The predicted octanol–water partition coefficient (Wildman–Crippen LogP) is 6.26. The van der Waals surface area contributed by atoms with E-state index in [1.807, 2.05) is 0 Å². The molecular formula is C19H35O2P. The van der Waals surface area contributed by atoms with Crippen LogP contribution in [0.25, 0.3) is 0 Å². The lowest BCUT2D eigenvalue weighted by Gasteiger charge is -2.42. The van der Waals surface area contributed by atoms with Gasteiger partial charge in [-0.25, -0.2) is 0 Å². The average Bonchev–Trinajstić information content (AvgIpc) is 2.33. The molecule has 0 saturated heterocycles. The first-order valence-electron chi connectivity index (χ1n) is 8.03. The Morgan fingerprint density at radius 1 is 0.682 bits per heavy atom. The van der Waals surface area contributed by atoms with Gasteiger partial charge in [-0.05, 0) is 34.0 Å². The second-order valence-corrected chi connectivity index (χ2v) is 12.0. The van der Waals surface area contributed by atoms with E-state index >= 15 is 0 Å². The van der Waals surface area contributed by atoms with Gasteiger partial charge in [0.25, 0.3) is 0 Å². The Labute approximate surface area is 138 Å². The van der Waals surface area contributed by atoms with Crippen molar-refractivity contribution in [2.24, 2.45) is 16.2 Å². The quantitative estimate of drug-likeness (QED) is 0.557. The summed E-state index contributed by atoms with van der Waals surface area (Å²) in [6, 6.07) is 0. The summed E-state index contributed by atoms with van der Waals surface area (Å²) in [5.74, 6) is 0. The normalized spacial score (nSPS) is 19.9. The van der Waals surface area contributed by atoms with Crippen molar-refractivity contribution in [2.75, 3.05) is 14.2 Å². The van der Waals surface area contributed by atoms with Crippen LogP contribution in [0.4, 0.5) is 0 Å². The van der Waals surface area contributed by atoms with Crippen molar-refractivity contribution < 1.29 is 9.05 Å². The van der Waals surface area contributed by atoms with Crippen molar-refractivity contribution in [1.82, 2.24) is 0 Å². The Morgan fingerprint density at radius 3 is 1.41 bits per heavy atom. The number of hydrogen-bond donors (Lipinski definition) is 0. The zero-order valence-electron chi connectivity index (χ0n) is 16.4. The van der Waals surface area contributed by atoms with Crippen molar-refractivity contribution in [3.05, 3.63) is 23.0 Å². The van der Waals surface area contributed by atoms with Crippen molar-refractivity contribution >= 4 is 12.6 Å². The van der Waals surface area contributed by atoms with Crippen LogP contribution in [-0.2, 0) is 9.05 Å². The van der Waals surface area contributed by atoms with Gasteiger partial charge < -0.3 is 9.05 Å². The molecule has 0 atom stereocenters. The van der Waals surface area contributed by atoms with Gasteiger partial charge >= 0.3 is 0 Å². The maximum absolute atomic E-state index is 6.11. The molecule has 0 spiro atoms. The summed E-state index contributed by atoms with van der Waals surface area (Å²) in [4.78, 5) is 0. The summed E-state index contributed by atoms with van der Waals surface area (Å²) in [5, 5.41) is 2.59. The van der Waals surface area contributed by atoms with E-state index in [2.05, 4.69) is 74.5 Å². The van der Waals surface area contributed by atoms with Gasteiger partial charge in [-0.2, -0.15) is 0 Å². The molecule has 1 heterocycles. The molecule has 3 heteroatoms. The molecule has 0 amide bonds. The minimum absolute atomic E-state index is 0.00105. The molecule has 0 aromatic rings. The number of hydrogen-bond acceptors (Lipinski definition) is 2. The fourth-order valence-electron chi connectivity index (χ4n) is 2.85. The van der Waals surface area contributed by atoms with E-state index in [1.54, 1.807) is 14.2 Å². The summed E-state index contributed by atoms with van der Waals surface area (Å²) in [5.41, 5.74) is 1.46. The van der Waals surface area contributed by atoms with E-state index in [1.165, 1.54) is 16.2 Å². The van der Waals surface area contributed by atoms with Gasteiger partial charge in [0, 0.05) is 24.8 Å². The van der Waals surface area contributed by atoms with E-state index in [0.717, 1.165) is 0 Å². The molecule has 128 valence electrons. The Kier molecular flexibility index (Phi) is 5.35. The maximum Gasteiger partial charge on any atom is 0.154 e. The minimum atomic E-state index is -2.22. The fourth-order valence-corrected chi connectivity index (χ4v) is 6.43. The highest BCUT2D eigenvalue weighted by Crippen LogP contribution is 2.67. The van der Waals surface area contributed by atoms with E-state index in [-0.39, 0.29) is 16.2 Å². The Morgan fingerprint density at radius 2 is 1.14 bits per heavy atom. The van der Waals surface area contributed by atoms with Gasteiger partial charge in [0.15, 0.2) is 7.34 Å². The Bertz CT molecular complexity index is 533. The molecule has 0 N–H and O–H groups in total. The van der Waals surface area contributed by atoms with Crippen LogP contribution < -0.4 is 0 Å². The molecule has 0 saturated carbocycles. The third kappa shape index (κ3) is 3.61. The highest BCUT2D eigenvalue weighted by atomic mass is 31.2. The number of rotatable bonds is 2. The van der Waals surface area contributed by atoms with Crippen LogP contribution in [0.1, 0.15) is 62.3 Å². The van der Waals surface area contributed by atoms with Gasteiger partial charge in [-0.1, -0.05) is 62.3 Å². The fraction of sp³-hybridized carbons (Fsp3) is 0.737. The molecule has 1 aliphatic heterocycles. The van der Waals surface area contributed by atoms with E-state index in [9.17, 15) is 0 Å². The molecule has 0 radical (unpaired) electrons.